The third-order valence-corrected chi connectivity index (χ3v) is 2.05. The number of carbonyl (C=O) groups is 1. The largest absolute Gasteiger partial charge is 0.533 e. The van der Waals surface area contributed by atoms with Gasteiger partial charge in [0.25, 0.3) is 0 Å². The van der Waals surface area contributed by atoms with E-state index in [0.29, 0.717) is 11.3 Å². The molecule has 2 rings (SSSR count). The van der Waals surface area contributed by atoms with E-state index >= 15 is 0 Å². The molecule has 0 amide bonds. The maximum atomic E-state index is 11.5. The number of aromatic nitrogens is 2. The number of ether oxygens (including phenoxy) is 1. The summed E-state index contributed by atoms with van der Waals surface area (Å²) in [6.45, 7) is 1.88. The van der Waals surface area contributed by atoms with Gasteiger partial charge in [0.15, 0.2) is 5.43 Å². The fourth-order valence-corrected chi connectivity index (χ4v) is 1.33. The van der Waals surface area contributed by atoms with E-state index < -0.39 is 6.16 Å². The third kappa shape index (κ3) is 2.41. The molecule has 0 N–H and O–H groups in total. The monoisotopic (exact) mass is 234 g/mol. The lowest BCUT2D eigenvalue weighted by Crippen LogP contribution is -2.22. The molecular formula is C11H10N2O4. The van der Waals surface area contributed by atoms with Crippen LogP contribution in [0, 0.1) is 0 Å². The molecule has 0 saturated heterocycles. The van der Waals surface area contributed by atoms with E-state index in [9.17, 15) is 9.59 Å². The number of rotatable bonds is 2. The fraction of sp³-hybridized carbons (Fsp3) is 0.182. The molecule has 1 aliphatic carbocycles. The highest BCUT2D eigenvalue weighted by Crippen LogP contribution is 2.11. The first kappa shape index (κ1) is 11.1. The van der Waals surface area contributed by atoms with Gasteiger partial charge in [-0.3, -0.25) is 4.79 Å². The molecule has 88 valence electrons. The molecule has 0 spiro atoms. The maximum Gasteiger partial charge on any atom is 0.533 e. The van der Waals surface area contributed by atoms with Crippen LogP contribution in [0.25, 0.3) is 11.3 Å². The Morgan fingerprint density at radius 2 is 2.29 bits per heavy atom. The zero-order valence-electron chi connectivity index (χ0n) is 9.12. The SMILES string of the molecule is CCOC(=O)On1cnc2cccc(=O)c-2c1. The Morgan fingerprint density at radius 1 is 1.47 bits per heavy atom. The lowest BCUT2D eigenvalue weighted by Gasteiger charge is -2.09. The molecule has 0 fully saturated rings. The average molecular weight is 234 g/mol. The number of benzene rings is 1. The Kier molecular flexibility index (Phi) is 3.04. The van der Waals surface area contributed by atoms with Gasteiger partial charge in [0.1, 0.15) is 6.33 Å². The van der Waals surface area contributed by atoms with Crippen LogP contribution >= 0.6 is 0 Å². The van der Waals surface area contributed by atoms with Crippen molar-refractivity contribution >= 4 is 6.16 Å². The first-order valence-electron chi connectivity index (χ1n) is 5.03. The molecule has 0 aromatic rings. The second-order valence-electron chi connectivity index (χ2n) is 3.20. The normalized spacial score (nSPS) is 10.2. The fourth-order valence-electron chi connectivity index (χ4n) is 1.33. The molecule has 0 bridgehead atoms. The van der Waals surface area contributed by atoms with Crippen LogP contribution in [-0.4, -0.2) is 22.5 Å². The van der Waals surface area contributed by atoms with Gasteiger partial charge >= 0.3 is 6.16 Å². The van der Waals surface area contributed by atoms with E-state index in [1.807, 2.05) is 0 Å². The van der Waals surface area contributed by atoms with E-state index in [0.717, 1.165) is 4.73 Å². The van der Waals surface area contributed by atoms with Crippen molar-refractivity contribution in [3.63, 3.8) is 0 Å². The van der Waals surface area contributed by atoms with Crippen molar-refractivity contribution in [2.24, 2.45) is 0 Å². The molecule has 0 radical (unpaired) electrons. The van der Waals surface area contributed by atoms with Crippen molar-refractivity contribution in [1.82, 2.24) is 9.71 Å². The summed E-state index contributed by atoms with van der Waals surface area (Å²) >= 11 is 0. The van der Waals surface area contributed by atoms with Crippen molar-refractivity contribution in [3.05, 3.63) is 40.9 Å². The first-order chi connectivity index (χ1) is 8.20. The summed E-state index contributed by atoms with van der Waals surface area (Å²) in [5.41, 5.74) is 0.734. The predicted molar refractivity (Wildman–Crippen MR) is 58.7 cm³/mol. The van der Waals surface area contributed by atoms with Crippen LogP contribution in [0.5, 0.6) is 0 Å². The molecular weight excluding hydrogens is 224 g/mol. The Labute approximate surface area is 96.7 Å². The van der Waals surface area contributed by atoms with Crippen LogP contribution in [0.3, 0.4) is 0 Å². The smallest absolute Gasteiger partial charge is 0.433 e. The van der Waals surface area contributed by atoms with E-state index in [1.54, 1.807) is 19.1 Å². The summed E-state index contributed by atoms with van der Waals surface area (Å²) in [4.78, 5) is 31.3. The van der Waals surface area contributed by atoms with Gasteiger partial charge in [0.05, 0.1) is 24.1 Å². The molecule has 17 heavy (non-hydrogen) atoms. The van der Waals surface area contributed by atoms with E-state index in [-0.39, 0.29) is 12.0 Å². The van der Waals surface area contributed by atoms with Gasteiger partial charge in [-0.25, -0.2) is 9.78 Å². The summed E-state index contributed by atoms with van der Waals surface area (Å²) in [5, 5.41) is 0. The van der Waals surface area contributed by atoms with Gasteiger partial charge in [-0.1, -0.05) is 6.07 Å². The van der Waals surface area contributed by atoms with E-state index in [4.69, 9.17) is 4.84 Å². The summed E-state index contributed by atoms with van der Waals surface area (Å²) in [5.74, 6) is 0. The summed E-state index contributed by atoms with van der Waals surface area (Å²) in [6.07, 6.45) is 1.84. The predicted octanol–water partition coefficient (Wildman–Crippen LogP) is 0.933. The quantitative estimate of drug-likeness (QED) is 0.723. The minimum atomic E-state index is -0.845. The molecule has 0 atom stereocenters. The summed E-state index contributed by atoms with van der Waals surface area (Å²) in [7, 11) is 0. The number of carbonyl (C=O) groups excluding carboxylic acids is 1. The van der Waals surface area contributed by atoms with Crippen LogP contribution in [-0.2, 0) is 4.74 Å². The molecule has 1 heterocycles. The van der Waals surface area contributed by atoms with Crippen molar-refractivity contribution < 1.29 is 14.4 Å². The highest BCUT2D eigenvalue weighted by Gasteiger charge is 2.09. The second kappa shape index (κ2) is 4.65. The third-order valence-electron chi connectivity index (χ3n) is 2.05. The lowest BCUT2D eigenvalue weighted by molar-refractivity contribution is 0.0502. The van der Waals surface area contributed by atoms with Crippen molar-refractivity contribution in [1.29, 1.82) is 0 Å². The van der Waals surface area contributed by atoms with Crippen LogP contribution in [0.15, 0.2) is 35.5 Å². The topological polar surface area (TPSA) is 70.4 Å². The lowest BCUT2D eigenvalue weighted by atomic mass is 10.1. The van der Waals surface area contributed by atoms with Crippen LogP contribution in [0.4, 0.5) is 4.79 Å². The number of hydrogen-bond acceptors (Lipinski definition) is 5. The average Bonchev–Trinajstić information content (AvgIpc) is 2.30. The second-order valence-corrected chi connectivity index (χ2v) is 3.20. The summed E-state index contributed by atoms with van der Waals surface area (Å²) < 4.78 is 5.64. The highest BCUT2D eigenvalue weighted by atomic mass is 16.8. The van der Waals surface area contributed by atoms with Crippen LogP contribution < -0.4 is 10.3 Å². The van der Waals surface area contributed by atoms with Gasteiger partial charge in [-0.15, -0.1) is 0 Å². The standard InChI is InChI=1S/C11H10N2O4/c1-2-16-11(15)17-13-6-8-9(12-7-13)4-3-5-10(8)14/h3-7H,2H2,1H3. The molecule has 6 nitrogen and oxygen atoms in total. The molecule has 0 unspecified atom stereocenters. The number of hydrogen-bond donors (Lipinski definition) is 0. The van der Waals surface area contributed by atoms with Gasteiger partial charge in [0, 0.05) is 0 Å². The molecule has 0 aromatic heterocycles. The van der Waals surface area contributed by atoms with Gasteiger partial charge in [0.2, 0.25) is 0 Å². The van der Waals surface area contributed by atoms with Gasteiger partial charge in [-0.05, 0) is 19.1 Å². The maximum absolute atomic E-state index is 11.5. The molecule has 0 aromatic carbocycles. The number of fused-ring (bicyclic) bond motifs is 1. The van der Waals surface area contributed by atoms with E-state index in [2.05, 4.69) is 9.72 Å². The minimum absolute atomic E-state index is 0.184. The van der Waals surface area contributed by atoms with Crippen molar-refractivity contribution in [2.75, 3.05) is 6.61 Å². The van der Waals surface area contributed by atoms with Crippen molar-refractivity contribution in [2.45, 2.75) is 6.92 Å². The Hall–Kier alpha value is -2.37. The van der Waals surface area contributed by atoms with E-state index in [1.165, 1.54) is 18.6 Å². The zero-order chi connectivity index (χ0) is 12.3. The highest BCUT2D eigenvalue weighted by molar-refractivity contribution is 5.61. The molecule has 6 heteroatoms. The zero-order valence-corrected chi connectivity index (χ0v) is 9.12. The van der Waals surface area contributed by atoms with Crippen molar-refractivity contribution in [3.8, 4) is 11.3 Å². The van der Waals surface area contributed by atoms with Crippen LogP contribution in [0.2, 0.25) is 0 Å². The number of nitrogens with zero attached hydrogens (tertiary/aromatic N) is 2. The minimum Gasteiger partial charge on any atom is -0.433 e. The van der Waals surface area contributed by atoms with Gasteiger partial charge in [-0.2, -0.15) is 4.73 Å². The van der Waals surface area contributed by atoms with Crippen LogP contribution in [0.1, 0.15) is 6.92 Å². The molecule has 2 aliphatic rings. The van der Waals surface area contributed by atoms with Gasteiger partial charge < -0.3 is 9.57 Å². The Balaban J connectivity index is 2.32. The summed E-state index contributed by atoms with van der Waals surface area (Å²) in [6, 6.07) is 4.73. The molecule has 0 saturated carbocycles. The molecule has 1 aliphatic heterocycles. The Bertz CT molecular complexity index is 564. The first-order valence-corrected chi connectivity index (χ1v) is 5.03. The Morgan fingerprint density at radius 3 is 3.06 bits per heavy atom.